The Morgan fingerprint density at radius 1 is 1.31 bits per heavy atom. The summed E-state index contributed by atoms with van der Waals surface area (Å²) in [5.74, 6) is 0.871. The lowest BCUT2D eigenvalue weighted by atomic mass is 10.0. The van der Waals surface area contributed by atoms with Crippen LogP contribution < -0.4 is 5.32 Å². The van der Waals surface area contributed by atoms with Gasteiger partial charge in [0.05, 0.1) is 10.7 Å². The van der Waals surface area contributed by atoms with Gasteiger partial charge in [0, 0.05) is 32.4 Å². The highest BCUT2D eigenvalue weighted by Crippen LogP contribution is 2.29. The Morgan fingerprint density at radius 2 is 2.10 bits per heavy atom. The van der Waals surface area contributed by atoms with E-state index in [9.17, 15) is 4.79 Å². The van der Waals surface area contributed by atoms with Gasteiger partial charge in [-0.1, -0.05) is 17.7 Å². The Balaban J connectivity index is 1.46. The number of fused-ring (bicyclic) bond motifs is 1. The predicted octanol–water partition coefficient (Wildman–Crippen LogP) is 4.41. The van der Waals surface area contributed by atoms with Crippen LogP contribution in [0.2, 0.25) is 5.02 Å². The number of benzene rings is 1. The van der Waals surface area contributed by atoms with Gasteiger partial charge in [-0.3, -0.25) is 0 Å². The van der Waals surface area contributed by atoms with Crippen LogP contribution in [0.15, 0.2) is 36.5 Å². The zero-order valence-corrected chi connectivity index (χ0v) is 17.3. The number of rotatable bonds is 4. The van der Waals surface area contributed by atoms with Crippen LogP contribution in [-0.2, 0) is 11.3 Å². The normalized spacial score (nSPS) is 15.1. The molecular weight excluding hydrogens is 390 g/mol. The topological polar surface area (TPSA) is 72.3 Å². The summed E-state index contributed by atoms with van der Waals surface area (Å²) in [6, 6.07) is 9.57. The number of nitrogens with zero attached hydrogens (tertiary/aromatic N) is 4. The lowest BCUT2D eigenvalue weighted by Crippen LogP contribution is -2.41. The van der Waals surface area contributed by atoms with E-state index in [0.29, 0.717) is 30.4 Å². The van der Waals surface area contributed by atoms with Crippen LogP contribution in [0.1, 0.15) is 30.3 Å². The molecule has 29 heavy (non-hydrogen) atoms. The highest BCUT2D eigenvalue weighted by atomic mass is 35.5. The van der Waals surface area contributed by atoms with Crippen molar-refractivity contribution in [3.8, 4) is 0 Å². The number of piperidine rings is 1. The fourth-order valence-corrected chi connectivity index (χ4v) is 4.12. The van der Waals surface area contributed by atoms with Crippen LogP contribution in [0.4, 0.5) is 10.5 Å². The molecule has 0 unspecified atom stereocenters. The van der Waals surface area contributed by atoms with E-state index >= 15 is 0 Å². The number of hydrogen-bond acceptors (Lipinski definition) is 4. The smallest absolute Gasteiger partial charge is 0.321 e. The minimum absolute atomic E-state index is 0.125. The molecule has 0 spiro atoms. The quantitative estimate of drug-likeness (QED) is 0.687. The lowest BCUT2D eigenvalue weighted by Gasteiger charge is -2.33. The maximum Gasteiger partial charge on any atom is 0.321 e. The second kappa shape index (κ2) is 8.39. The van der Waals surface area contributed by atoms with E-state index in [1.165, 1.54) is 0 Å². The van der Waals surface area contributed by atoms with Crippen molar-refractivity contribution < 1.29 is 9.53 Å². The van der Waals surface area contributed by atoms with Gasteiger partial charge in [-0.05, 0) is 49.6 Å². The summed E-state index contributed by atoms with van der Waals surface area (Å²) in [6.07, 6.45) is 3.44. The largest absolute Gasteiger partial charge is 0.377 e. The van der Waals surface area contributed by atoms with Gasteiger partial charge < -0.3 is 19.5 Å². The van der Waals surface area contributed by atoms with Crippen LogP contribution in [0.3, 0.4) is 0 Å². The van der Waals surface area contributed by atoms with E-state index in [2.05, 4.69) is 19.9 Å². The first kappa shape index (κ1) is 19.7. The molecule has 8 heteroatoms. The molecule has 4 rings (SSSR count). The first-order valence-corrected chi connectivity index (χ1v) is 10.1. The van der Waals surface area contributed by atoms with Crippen molar-refractivity contribution in [3.05, 3.63) is 52.9 Å². The molecule has 3 aromatic rings. The molecule has 3 heterocycles. The fraction of sp³-hybridized carbons (Fsp3) is 0.381. The summed E-state index contributed by atoms with van der Waals surface area (Å²) in [5.41, 5.74) is 3.43. The van der Waals surface area contributed by atoms with Gasteiger partial charge in [-0.25, -0.2) is 14.8 Å². The number of anilines is 1. The monoisotopic (exact) mass is 413 g/mol. The number of ether oxygens (including phenoxy) is 1. The molecule has 1 saturated heterocycles. The third-order valence-electron chi connectivity index (χ3n) is 5.28. The summed E-state index contributed by atoms with van der Waals surface area (Å²) in [7, 11) is 1.67. The molecule has 0 atom stereocenters. The molecule has 2 aromatic heterocycles. The molecule has 1 aliphatic rings. The van der Waals surface area contributed by atoms with Crippen LogP contribution in [0.5, 0.6) is 0 Å². The summed E-state index contributed by atoms with van der Waals surface area (Å²) in [5, 5.41) is 3.47. The number of pyridine rings is 1. The Hall–Kier alpha value is -2.64. The molecule has 1 aromatic carbocycles. The summed E-state index contributed by atoms with van der Waals surface area (Å²) in [4.78, 5) is 23.7. The molecule has 0 aliphatic carbocycles. The van der Waals surface area contributed by atoms with Crippen molar-refractivity contribution in [1.82, 2.24) is 19.4 Å². The van der Waals surface area contributed by atoms with E-state index in [-0.39, 0.29) is 12.1 Å². The lowest BCUT2D eigenvalue weighted by molar-refractivity contribution is 0.162. The van der Waals surface area contributed by atoms with Crippen molar-refractivity contribution >= 4 is 34.5 Å². The van der Waals surface area contributed by atoms with E-state index < -0.39 is 0 Å². The Kier molecular flexibility index (Phi) is 5.69. The molecule has 152 valence electrons. The van der Waals surface area contributed by atoms with Crippen molar-refractivity contribution in [3.63, 3.8) is 0 Å². The van der Waals surface area contributed by atoms with Gasteiger partial charge in [0.2, 0.25) is 0 Å². The van der Waals surface area contributed by atoms with Gasteiger partial charge in [-0.2, -0.15) is 0 Å². The molecule has 1 aliphatic heterocycles. The first-order valence-electron chi connectivity index (χ1n) is 9.69. The number of methoxy groups -OCH3 is 1. The van der Waals surface area contributed by atoms with E-state index in [1.807, 2.05) is 42.2 Å². The molecule has 0 saturated carbocycles. The standard InChI is InChI=1S/C21H24ClN5O2/c1-14-5-6-17(16(22)12-14)25-21(28)26-10-7-15(8-11-26)27-19(13-29-2)24-18-4-3-9-23-20(18)27/h3-6,9,12,15H,7-8,10-11,13H2,1-2H3,(H,25,28). The van der Waals surface area contributed by atoms with Gasteiger partial charge in [-0.15, -0.1) is 0 Å². The van der Waals surface area contributed by atoms with Crippen LogP contribution in [0, 0.1) is 6.92 Å². The van der Waals surface area contributed by atoms with Crippen LogP contribution in [-0.4, -0.2) is 45.7 Å². The maximum absolute atomic E-state index is 12.7. The number of carbonyl (C=O) groups is 1. The Labute approximate surface area is 174 Å². The minimum atomic E-state index is -0.125. The number of nitrogens with one attached hydrogen (secondary N) is 1. The van der Waals surface area contributed by atoms with Crippen LogP contribution in [0.25, 0.3) is 11.2 Å². The van der Waals surface area contributed by atoms with Crippen molar-refractivity contribution in [1.29, 1.82) is 0 Å². The summed E-state index contributed by atoms with van der Waals surface area (Å²) in [6.45, 7) is 3.70. The Bertz CT molecular complexity index is 1030. The Morgan fingerprint density at radius 3 is 2.83 bits per heavy atom. The molecule has 7 nitrogen and oxygen atoms in total. The van der Waals surface area contributed by atoms with E-state index in [0.717, 1.165) is 35.4 Å². The number of amides is 2. The van der Waals surface area contributed by atoms with E-state index in [4.69, 9.17) is 16.3 Å². The minimum Gasteiger partial charge on any atom is -0.377 e. The van der Waals surface area contributed by atoms with Gasteiger partial charge in [0.15, 0.2) is 5.65 Å². The second-order valence-electron chi connectivity index (χ2n) is 7.31. The number of urea groups is 1. The van der Waals surface area contributed by atoms with Crippen molar-refractivity contribution in [2.75, 3.05) is 25.5 Å². The first-order chi connectivity index (χ1) is 14.1. The zero-order valence-electron chi connectivity index (χ0n) is 16.6. The van der Waals surface area contributed by atoms with Gasteiger partial charge in [0.1, 0.15) is 17.9 Å². The second-order valence-corrected chi connectivity index (χ2v) is 7.72. The number of imidazole rings is 1. The third-order valence-corrected chi connectivity index (χ3v) is 5.59. The molecule has 1 fully saturated rings. The highest BCUT2D eigenvalue weighted by molar-refractivity contribution is 6.33. The SMILES string of the molecule is COCc1nc2cccnc2n1C1CCN(C(=O)Nc2ccc(C)cc2Cl)CC1. The average Bonchev–Trinajstić information content (AvgIpc) is 3.08. The number of carbonyl (C=O) groups excluding carboxylic acids is 1. The molecule has 0 radical (unpaired) electrons. The predicted molar refractivity (Wildman–Crippen MR) is 113 cm³/mol. The summed E-state index contributed by atoms with van der Waals surface area (Å²) >= 11 is 6.24. The number of likely N-dealkylation sites (tertiary alicyclic amines) is 1. The number of aryl methyl sites for hydroxylation is 1. The van der Waals surface area contributed by atoms with Crippen LogP contribution >= 0.6 is 11.6 Å². The summed E-state index contributed by atoms with van der Waals surface area (Å²) < 4.78 is 7.51. The zero-order chi connectivity index (χ0) is 20.4. The van der Waals surface area contributed by atoms with Gasteiger partial charge >= 0.3 is 6.03 Å². The molecular formula is C21H24ClN5O2. The maximum atomic E-state index is 12.7. The number of hydrogen-bond donors (Lipinski definition) is 1. The molecule has 1 N–H and O–H groups in total. The highest BCUT2D eigenvalue weighted by Gasteiger charge is 2.27. The molecule has 0 bridgehead atoms. The average molecular weight is 414 g/mol. The molecule has 2 amide bonds. The third kappa shape index (κ3) is 4.06. The van der Waals surface area contributed by atoms with E-state index in [1.54, 1.807) is 13.3 Å². The number of halogens is 1. The number of aromatic nitrogens is 3. The fourth-order valence-electron chi connectivity index (χ4n) is 3.83. The van der Waals surface area contributed by atoms with Crippen molar-refractivity contribution in [2.45, 2.75) is 32.4 Å². The van der Waals surface area contributed by atoms with Gasteiger partial charge in [0.25, 0.3) is 0 Å². The van der Waals surface area contributed by atoms with Crippen molar-refractivity contribution in [2.24, 2.45) is 0 Å².